The van der Waals surface area contributed by atoms with Gasteiger partial charge in [-0.05, 0) is 43.2 Å². The molecule has 0 radical (unpaired) electrons. The fourth-order valence-corrected chi connectivity index (χ4v) is 5.10. The van der Waals surface area contributed by atoms with Crippen molar-refractivity contribution in [1.29, 1.82) is 0 Å². The van der Waals surface area contributed by atoms with E-state index >= 15 is 0 Å². The van der Waals surface area contributed by atoms with Gasteiger partial charge in [-0.3, -0.25) is 0 Å². The third-order valence-corrected chi connectivity index (χ3v) is 7.28. The molecule has 0 aliphatic rings. The summed E-state index contributed by atoms with van der Waals surface area (Å²) in [5.41, 5.74) is 2.01. The van der Waals surface area contributed by atoms with Crippen molar-refractivity contribution in [1.82, 2.24) is 4.31 Å². The Morgan fingerprint density at radius 1 is 1.03 bits per heavy atom. The number of carbonyl (C=O) groups is 1. The maximum Gasteiger partial charge on any atom is 0.338 e. The molecule has 3 aromatic rings. The Labute approximate surface area is 181 Å². The molecule has 8 heteroatoms. The summed E-state index contributed by atoms with van der Waals surface area (Å²) in [4.78, 5) is 24.6. The van der Waals surface area contributed by atoms with Crippen LogP contribution in [0.1, 0.15) is 40.9 Å². The highest BCUT2D eigenvalue weighted by Crippen LogP contribution is 2.23. The Bertz CT molecular complexity index is 1290. The lowest BCUT2D eigenvalue weighted by atomic mass is 10.1. The fourth-order valence-electron chi connectivity index (χ4n) is 3.39. The molecule has 0 spiro atoms. The predicted molar refractivity (Wildman–Crippen MR) is 118 cm³/mol. The van der Waals surface area contributed by atoms with Crippen LogP contribution in [-0.4, -0.2) is 31.8 Å². The highest BCUT2D eigenvalue weighted by atomic mass is 32.2. The van der Waals surface area contributed by atoms with Crippen LogP contribution < -0.4 is 5.63 Å². The molecule has 0 N–H and O–H groups in total. The Hall–Kier alpha value is -2.97. The number of benzene rings is 2. The van der Waals surface area contributed by atoms with E-state index in [4.69, 9.17) is 9.15 Å². The van der Waals surface area contributed by atoms with Crippen LogP contribution in [0.15, 0.2) is 56.6 Å². The van der Waals surface area contributed by atoms with E-state index in [2.05, 4.69) is 0 Å². The molecule has 0 amide bonds. The number of sulfonamides is 1. The summed E-state index contributed by atoms with van der Waals surface area (Å²) < 4.78 is 37.8. The monoisotopic (exact) mass is 443 g/mol. The summed E-state index contributed by atoms with van der Waals surface area (Å²) >= 11 is 0. The van der Waals surface area contributed by atoms with Crippen molar-refractivity contribution in [3.05, 3.63) is 75.1 Å². The minimum Gasteiger partial charge on any atom is -0.457 e. The van der Waals surface area contributed by atoms with Crippen LogP contribution in [0.3, 0.4) is 0 Å². The number of fused-ring (bicyclic) bond motifs is 1. The predicted octanol–water partition coefficient (Wildman–Crippen LogP) is 3.80. The van der Waals surface area contributed by atoms with Crippen LogP contribution in [0.2, 0.25) is 0 Å². The van der Waals surface area contributed by atoms with Gasteiger partial charge in [0, 0.05) is 30.1 Å². The lowest BCUT2D eigenvalue weighted by molar-refractivity contribution is 0.0473. The Kier molecular flexibility index (Phi) is 6.62. The molecule has 2 aromatic carbocycles. The van der Waals surface area contributed by atoms with Crippen molar-refractivity contribution in [2.45, 2.75) is 39.2 Å². The zero-order chi connectivity index (χ0) is 22.8. The first-order chi connectivity index (χ1) is 14.7. The van der Waals surface area contributed by atoms with Crippen LogP contribution in [-0.2, 0) is 21.4 Å². The molecule has 0 saturated heterocycles. The first-order valence-corrected chi connectivity index (χ1v) is 11.4. The minimum absolute atomic E-state index is 0.0759. The van der Waals surface area contributed by atoms with Crippen LogP contribution >= 0.6 is 0 Å². The first kappa shape index (κ1) is 22.7. The van der Waals surface area contributed by atoms with Gasteiger partial charge in [-0.25, -0.2) is 18.0 Å². The van der Waals surface area contributed by atoms with Crippen LogP contribution in [0.25, 0.3) is 11.0 Å². The van der Waals surface area contributed by atoms with Crippen molar-refractivity contribution in [3.8, 4) is 0 Å². The summed E-state index contributed by atoms with van der Waals surface area (Å²) in [6, 6.07) is 11.2. The average Bonchev–Trinajstić information content (AvgIpc) is 2.72. The highest BCUT2D eigenvalue weighted by molar-refractivity contribution is 7.89. The van der Waals surface area contributed by atoms with Gasteiger partial charge in [0.25, 0.3) is 0 Å². The molecule has 164 valence electrons. The second kappa shape index (κ2) is 9.03. The van der Waals surface area contributed by atoms with Crippen molar-refractivity contribution < 1.29 is 22.4 Å². The second-order valence-electron chi connectivity index (χ2n) is 7.24. The number of carbonyl (C=O) groups excluding carboxylic acids is 1. The molecule has 3 rings (SSSR count). The van der Waals surface area contributed by atoms with Gasteiger partial charge in [0.2, 0.25) is 10.0 Å². The van der Waals surface area contributed by atoms with E-state index in [0.29, 0.717) is 35.2 Å². The molecular weight excluding hydrogens is 418 g/mol. The normalized spacial score (nSPS) is 11.8. The van der Waals surface area contributed by atoms with Gasteiger partial charge >= 0.3 is 11.6 Å². The third kappa shape index (κ3) is 4.70. The summed E-state index contributed by atoms with van der Waals surface area (Å²) in [7, 11) is -3.72. The van der Waals surface area contributed by atoms with Gasteiger partial charge in [0.1, 0.15) is 12.2 Å². The fraction of sp³-hybridized carbons (Fsp3) is 0.304. The largest absolute Gasteiger partial charge is 0.457 e. The second-order valence-corrected chi connectivity index (χ2v) is 9.14. The summed E-state index contributed by atoms with van der Waals surface area (Å²) in [5.74, 6) is -0.676. The topological polar surface area (TPSA) is 93.9 Å². The Morgan fingerprint density at radius 3 is 2.42 bits per heavy atom. The molecule has 7 nitrogen and oxygen atoms in total. The molecular formula is C23H25NO6S. The van der Waals surface area contributed by atoms with Gasteiger partial charge in [0.15, 0.2) is 0 Å². The van der Waals surface area contributed by atoms with E-state index < -0.39 is 21.6 Å². The lowest BCUT2D eigenvalue weighted by Crippen LogP contribution is -2.31. The molecule has 0 aliphatic heterocycles. The molecule has 0 aliphatic carbocycles. The molecule has 0 saturated carbocycles. The van der Waals surface area contributed by atoms with E-state index in [9.17, 15) is 18.0 Å². The van der Waals surface area contributed by atoms with E-state index in [1.54, 1.807) is 39.0 Å². The number of esters is 1. The standard InChI is InChI=1S/C23H25NO6S/c1-5-24(6-2)31(27,28)21-12-17(9-8-16(21)4)23(26)29-14-18-13-22(25)30-20-11-15(3)7-10-19(18)20/h7-13H,5-6,14H2,1-4H3. The Morgan fingerprint density at radius 2 is 1.74 bits per heavy atom. The minimum atomic E-state index is -3.72. The third-order valence-electron chi connectivity index (χ3n) is 5.09. The average molecular weight is 444 g/mol. The smallest absolute Gasteiger partial charge is 0.338 e. The maximum absolute atomic E-state index is 12.9. The van der Waals surface area contributed by atoms with Crippen LogP contribution in [0, 0.1) is 13.8 Å². The zero-order valence-corrected chi connectivity index (χ0v) is 18.8. The number of rotatable bonds is 7. The maximum atomic E-state index is 12.9. The van der Waals surface area contributed by atoms with Crippen molar-refractivity contribution in [2.75, 3.05) is 13.1 Å². The van der Waals surface area contributed by atoms with Gasteiger partial charge in [0.05, 0.1) is 10.5 Å². The number of nitrogens with zero attached hydrogens (tertiary/aromatic N) is 1. The molecule has 31 heavy (non-hydrogen) atoms. The number of hydrogen-bond donors (Lipinski definition) is 0. The van der Waals surface area contributed by atoms with E-state index in [0.717, 1.165) is 5.56 Å². The van der Waals surface area contributed by atoms with E-state index in [1.807, 2.05) is 13.0 Å². The highest BCUT2D eigenvalue weighted by Gasteiger charge is 2.25. The van der Waals surface area contributed by atoms with E-state index in [1.165, 1.54) is 22.5 Å². The summed E-state index contributed by atoms with van der Waals surface area (Å²) in [6.45, 7) is 7.60. The zero-order valence-electron chi connectivity index (χ0n) is 18.0. The first-order valence-electron chi connectivity index (χ1n) is 9.98. The van der Waals surface area contributed by atoms with Crippen molar-refractivity contribution >= 4 is 27.0 Å². The van der Waals surface area contributed by atoms with Gasteiger partial charge < -0.3 is 9.15 Å². The summed E-state index contributed by atoms with van der Waals surface area (Å²) in [5, 5.41) is 0.673. The Balaban J connectivity index is 1.89. The SMILES string of the molecule is CCN(CC)S(=O)(=O)c1cc(C(=O)OCc2cc(=O)oc3cc(C)ccc23)ccc1C. The summed E-state index contributed by atoms with van der Waals surface area (Å²) in [6.07, 6.45) is 0. The number of ether oxygens (including phenoxy) is 1. The number of aryl methyl sites for hydroxylation is 2. The molecule has 0 atom stereocenters. The van der Waals surface area contributed by atoms with Crippen LogP contribution in [0.4, 0.5) is 0 Å². The molecule has 1 heterocycles. The van der Waals surface area contributed by atoms with E-state index in [-0.39, 0.29) is 17.1 Å². The number of hydrogen-bond acceptors (Lipinski definition) is 6. The van der Waals surface area contributed by atoms with Gasteiger partial charge in [-0.2, -0.15) is 4.31 Å². The van der Waals surface area contributed by atoms with Gasteiger partial charge in [-0.15, -0.1) is 0 Å². The van der Waals surface area contributed by atoms with Crippen LogP contribution in [0.5, 0.6) is 0 Å². The van der Waals surface area contributed by atoms with Crippen molar-refractivity contribution in [2.24, 2.45) is 0 Å². The van der Waals surface area contributed by atoms with Crippen molar-refractivity contribution in [3.63, 3.8) is 0 Å². The quantitative estimate of drug-likeness (QED) is 0.407. The molecule has 1 aromatic heterocycles. The molecule has 0 fully saturated rings. The molecule has 0 bridgehead atoms. The molecule has 0 unspecified atom stereocenters. The van der Waals surface area contributed by atoms with Gasteiger partial charge in [-0.1, -0.05) is 32.0 Å². The lowest BCUT2D eigenvalue weighted by Gasteiger charge is -2.20.